The second-order valence-corrected chi connectivity index (χ2v) is 7.85. The van der Waals surface area contributed by atoms with Crippen LogP contribution in [0.1, 0.15) is 20.0 Å². The minimum Gasteiger partial charge on any atom is -0.465 e. The van der Waals surface area contributed by atoms with Gasteiger partial charge in [-0.25, -0.2) is 9.78 Å². The number of amides is 1. The third-order valence-electron chi connectivity index (χ3n) is 3.96. The highest BCUT2D eigenvalue weighted by molar-refractivity contribution is 7.23. The van der Waals surface area contributed by atoms with Crippen LogP contribution < -0.4 is 5.32 Å². The zero-order chi connectivity index (χ0) is 19.8. The molecule has 2 heterocycles. The van der Waals surface area contributed by atoms with Crippen LogP contribution in [0.3, 0.4) is 0 Å². The molecule has 0 atom stereocenters. The van der Waals surface area contributed by atoms with E-state index in [0.717, 1.165) is 9.40 Å². The monoisotopic (exact) mass is 413 g/mol. The second kappa shape index (κ2) is 6.98. The van der Waals surface area contributed by atoms with Crippen LogP contribution in [0.4, 0.5) is 10.8 Å². The number of thiophene rings is 1. The van der Waals surface area contributed by atoms with E-state index in [9.17, 15) is 19.7 Å². The molecule has 0 radical (unpaired) electrons. The molecule has 2 aromatic heterocycles. The Morgan fingerprint density at radius 2 is 1.93 bits per heavy atom. The van der Waals surface area contributed by atoms with Crippen LogP contribution in [0.25, 0.3) is 20.3 Å². The number of methoxy groups -OCH3 is 1. The molecule has 0 bridgehead atoms. The number of hydrogen-bond acceptors (Lipinski definition) is 8. The SMILES string of the molecule is COC(=O)c1ccc2nc(NC(=O)c3cc4cc([N+](=O)[O-])ccc4s3)sc2c1. The predicted molar refractivity (Wildman–Crippen MR) is 107 cm³/mol. The molecule has 4 aromatic rings. The first-order chi connectivity index (χ1) is 13.4. The number of fused-ring (bicyclic) bond motifs is 2. The molecule has 0 aliphatic heterocycles. The number of non-ortho nitro benzene ring substituents is 1. The van der Waals surface area contributed by atoms with Gasteiger partial charge in [0.2, 0.25) is 0 Å². The summed E-state index contributed by atoms with van der Waals surface area (Å²) in [4.78, 5) is 39.4. The van der Waals surface area contributed by atoms with Gasteiger partial charge in [0.15, 0.2) is 5.13 Å². The number of aromatic nitrogens is 1. The Morgan fingerprint density at radius 1 is 1.11 bits per heavy atom. The molecule has 28 heavy (non-hydrogen) atoms. The number of nitro groups is 1. The van der Waals surface area contributed by atoms with Gasteiger partial charge in [-0.3, -0.25) is 20.2 Å². The van der Waals surface area contributed by atoms with E-state index in [2.05, 4.69) is 10.3 Å². The van der Waals surface area contributed by atoms with Gasteiger partial charge in [-0.2, -0.15) is 0 Å². The quantitative estimate of drug-likeness (QED) is 0.300. The maximum atomic E-state index is 12.6. The number of esters is 1. The van der Waals surface area contributed by atoms with Crippen molar-refractivity contribution in [2.24, 2.45) is 0 Å². The summed E-state index contributed by atoms with van der Waals surface area (Å²) in [5.41, 5.74) is 1.03. The van der Waals surface area contributed by atoms with E-state index < -0.39 is 10.9 Å². The summed E-state index contributed by atoms with van der Waals surface area (Å²) in [6.07, 6.45) is 0. The molecule has 1 N–H and O–H groups in total. The van der Waals surface area contributed by atoms with Crippen LogP contribution in [-0.4, -0.2) is 28.9 Å². The molecule has 8 nitrogen and oxygen atoms in total. The van der Waals surface area contributed by atoms with Crippen LogP contribution in [0.15, 0.2) is 42.5 Å². The van der Waals surface area contributed by atoms with Crippen LogP contribution in [0, 0.1) is 10.1 Å². The minimum atomic E-state index is -0.472. The Balaban J connectivity index is 1.60. The topological polar surface area (TPSA) is 111 Å². The van der Waals surface area contributed by atoms with Crippen molar-refractivity contribution in [2.75, 3.05) is 12.4 Å². The lowest BCUT2D eigenvalue weighted by Gasteiger charge is -1.97. The molecule has 2 aromatic carbocycles. The maximum Gasteiger partial charge on any atom is 0.337 e. The number of nitro benzene ring substituents is 1. The standard InChI is InChI=1S/C18H11N3O5S2/c1-26-17(23)9-2-4-12-14(7-9)28-18(19-12)20-16(22)15-8-10-6-11(21(24)25)3-5-13(10)27-15/h2-8H,1H3,(H,19,20,22). The van der Waals surface area contributed by atoms with Crippen molar-refractivity contribution in [3.8, 4) is 0 Å². The first-order valence-electron chi connectivity index (χ1n) is 7.93. The average molecular weight is 413 g/mol. The second-order valence-electron chi connectivity index (χ2n) is 5.74. The van der Waals surface area contributed by atoms with Gasteiger partial charge in [-0.15, -0.1) is 11.3 Å². The number of ether oxygens (including phenoxy) is 1. The molecule has 0 fully saturated rings. The van der Waals surface area contributed by atoms with E-state index in [1.807, 2.05) is 0 Å². The normalized spacial score (nSPS) is 10.9. The first-order valence-corrected chi connectivity index (χ1v) is 9.56. The fourth-order valence-electron chi connectivity index (χ4n) is 2.64. The highest BCUT2D eigenvalue weighted by atomic mass is 32.1. The number of benzene rings is 2. The van der Waals surface area contributed by atoms with Crippen molar-refractivity contribution in [2.45, 2.75) is 0 Å². The zero-order valence-corrected chi connectivity index (χ0v) is 15.9. The van der Waals surface area contributed by atoms with Crippen molar-refractivity contribution in [3.63, 3.8) is 0 Å². The van der Waals surface area contributed by atoms with Crippen LogP contribution >= 0.6 is 22.7 Å². The smallest absolute Gasteiger partial charge is 0.337 e. The van der Waals surface area contributed by atoms with Crippen molar-refractivity contribution < 1.29 is 19.2 Å². The van der Waals surface area contributed by atoms with E-state index in [1.54, 1.807) is 30.3 Å². The summed E-state index contributed by atoms with van der Waals surface area (Å²) in [7, 11) is 1.31. The highest BCUT2D eigenvalue weighted by Gasteiger charge is 2.16. The zero-order valence-electron chi connectivity index (χ0n) is 14.3. The number of hydrogen-bond donors (Lipinski definition) is 1. The van der Waals surface area contributed by atoms with Crippen LogP contribution in [0.2, 0.25) is 0 Å². The van der Waals surface area contributed by atoms with Gasteiger partial charge < -0.3 is 4.74 Å². The molecule has 0 saturated carbocycles. The van der Waals surface area contributed by atoms with Gasteiger partial charge in [-0.1, -0.05) is 11.3 Å². The number of rotatable bonds is 4. The lowest BCUT2D eigenvalue weighted by Crippen LogP contribution is -2.09. The molecule has 0 saturated heterocycles. The molecule has 1 amide bonds. The van der Waals surface area contributed by atoms with Gasteiger partial charge in [-0.05, 0) is 30.3 Å². The summed E-state index contributed by atoms with van der Waals surface area (Å²) in [6, 6.07) is 11.0. The molecule has 4 rings (SSSR count). The van der Waals surface area contributed by atoms with Gasteiger partial charge in [0.1, 0.15) is 0 Å². The van der Waals surface area contributed by atoms with Gasteiger partial charge in [0, 0.05) is 22.2 Å². The lowest BCUT2D eigenvalue weighted by molar-refractivity contribution is -0.384. The largest absolute Gasteiger partial charge is 0.465 e. The molecule has 0 aliphatic carbocycles. The van der Waals surface area contributed by atoms with Gasteiger partial charge in [0.05, 0.1) is 32.7 Å². The Morgan fingerprint density at radius 3 is 2.68 bits per heavy atom. The molecular formula is C18H11N3O5S2. The number of thiazole rings is 1. The van der Waals surface area contributed by atoms with E-state index in [4.69, 9.17) is 4.74 Å². The molecule has 10 heteroatoms. The number of carbonyl (C=O) groups excluding carboxylic acids is 2. The Hall–Kier alpha value is -3.37. The van der Waals surface area contributed by atoms with E-state index in [1.165, 1.54) is 41.9 Å². The maximum absolute atomic E-state index is 12.6. The highest BCUT2D eigenvalue weighted by Crippen LogP contribution is 2.31. The third kappa shape index (κ3) is 3.30. The summed E-state index contributed by atoms with van der Waals surface area (Å²) >= 11 is 2.48. The van der Waals surface area contributed by atoms with Gasteiger partial charge >= 0.3 is 5.97 Å². The Bertz CT molecular complexity index is 1260. The van der Waals surface area contributed by atoms with E-state index >= 15 is 0 Å². The van der Waals surface area contributed by atoms with Crippen molar-refractivity contribution in [1.29, 1.82) is 0 Å². The number of carbonyl (C=O) groups is 2. The summed E-state index contributed by atoms with van der Waals surface area (Å²) in [6.45, 7) is 0. The number of nitrogens with one attached hydrogen (secondary N) is 1. The van der Waals surface area contributed by atoms with Gasteiger partial charge in [0.25, 0.3) is 11.6 Å². The summed E-state index contributed by atoms with van der Waals surface area (Å²) in [5.74, 6) is -0.795. The summed E-state index contributed by atoms with van der Waals surface area (Å²) < 4.78 is 6.22. The molecule has 0 unspecified atom stereocenters. The van der Waals surface area contributed by atoms with Crippen molar-refractivity contribution in [3.05, 3.63) is 63.0 Å². The predicted octanol–water partition coefficient (Wildman–Crippen LogP) is 4.46. The molecule has 0 aliphatic rings. The summed E-state index contributed by atoms with van der Waals surface area (Å²) in [5, 5.41) is 14.7. The van der Waals surface area contributed by atoms with Crippen LogP contribution in [0.5, 0.6) is 0 Å². The Labute approximate surface area is 165 Å². The van der Waals surface area contributed by atoms with Crippen molar-refractivity contribution in [1.82, 2.24) is 4.98 Å². The van der Waals surface area contributed by atoms with Crippen LogP contribution in [-0.2, 0) is 4.74 Å². The van der Waals surface area contributed by atoms with E-state index in [0.29, 0.717) is 26.5 Å². The Kier molecular flexibility index (Phi) is 4.49. The number of anilines is 1. The fraction of sp³-hybridized carbons (Fsp3) is 0.0556. The first kappa shape index (κ1) is 18.0. The fourth-order valence-corrected chi connectivity index (χ4v) is 4.48. The molecule has 140 valence electrons. The third-order valence-corrected chi connectivity index (χ3v) is 6.01. The number of nitrogens with zero attached hydrogens (tertiary/aromatic N) is 2. The van der Waals surface area contributed by atoms with Crippen molar-refractivity contribution >= 4 is 65.7 Å². The lowest BCUT2D eigenvalue weighted by atomic mass is 10.2. The molecule has 0 spiro atoms. The minimum absolute atomic E-state index is 0.0233. The molecular weight excluding hydrogens is 402 g/mol. The average Bonchev–Trinajstić information content (AvgIpc) is 3.29. The van der Waals surface area contributed by atoms with E-state index in [-0.39, 0.29) is 11.6 Å².